The number of halogens is 1. The molecule has 0 fully saturated rings. The number of hydrogen-bond acceptors (Lipinski definition) is 4. The molecule has 0 amide bonds. The fourth-order valence-electron chi connectivity index (χ4n) is 1.59. The number of carboxylic acids is 1. The van der Waals surface area contributed by atoms with Gasteiger partial charge in [0.2, 0.25) is 0 Å². The highest BCUT2D eigenvalue weighted by Gasteiger charge is 2.19. The lowest BCUT2D eigenvalue weighted by Gasteiger charge is -2.20. The van der Waals surface area contributed by atoms with Crippen LogP contribution in [0, 0.1) is 0 Å². The topological polar surface area (TPSA) is 76.0 Å². The second-order valence-electron chi connectivity index (χ2n) is 3.66. The van der Waals surface area contributed by atoms with Gasteiger partial charge in [-0.05, 0) is 17.7 Å². The Hall–Kier alpha value is -1.46. The van der Waals surface area contributed by atoms with Crippen LogP contribution in [0.25, 0.3) is 0 Å². The van der Waals surface area contributed by atoms with Crippen molar-refractivity contribution in [3.63, 3.8) is 0 Å². The smallest absolute Gasteiger partial charge is 0.332 e. The lowest BCUT2D eigenvalue weighted by molar-refractivity contribution is -0.146. The highest BCUT2D eigenvalue weighted by molar-refractivity contribution is 6.32. The number of carboxylic acid groups (broad SMARTS) is 1. The molecule has 6 heteroatoms. The molecule has 1 atom stereocenters. The van der Waals surface area contributed by atoms with Gasteiger partial charge in [0.05, 0.1) is 5.02 Å². The Morgan fingerprint density at radius 2 is 2.12 bits per heavy atom. The van der Waals surface area contributed by atoms with Crippen LogP contribution in [-0.4, -0.2) is 35.5 Å². The predicted molar refractivity (Wildman–Crippen MR) is 59.8 cm³/mol. The van der Waals surface area contributed by atoms with Crippen LogP contribution in [0.2, 0.25) is 5.02 Å². The number of aliphatic carboxylic acids is 1. The van der Waals surface area contributed by atoms with Crippen LogP contribution in [0.3, 0.4) is 0 Å². The van der Waals surface area contributed by atoms with E-state index in [9.17, 15) is 9.90 Å². The van der Waals surface area contributed by atoms with Crippen molar-refractivity contribution in [3.8, 4) is 11.5 Å². The van der Waals surface area contributed by atoms with E-state index >= 15 is 0 Å². The third kappa shape index (κ3) is 2.62. The Morgan fingerprint density at radius 3 is 2.82 bits per heavy atom. The van der Waals surface area contributed by atoms with Crippen LogP contribution in [0.5, 0.6) is 11.5 Å². The fourth-order valence-corrected chi connectivity index (χ4v) is 1.88. The standard InChI is InChI=1S/C11H11ClO5/c12-7-3-6(4-8(13)11(14)15)5-9-10(7)17-2-1-16-9/h3,5,8,13H,1-2,4H2,(H,14,15). The Labute approximate surface area is 103 Å². The first-order chi connectivity index (χ1) is 8.08. The fraction of sp³-hybridized carbons (Fsp3) is 0.364. The molecule has 0 saturated carbocycles. The van der Waals surface area contributed by atoms with Crippen LogP contribution in [-0.2, 0) is 11.2 Å². The summed E-state index contributed by atoms with van der Waals surface area (Å²) in [5.74, 6) is -0.321. The van der Waals surface area contributed by atoms with Crippen LogP contribution < -0.4 is 9.47 Å². The molecule has 2 rings (SSSR count). The van der Waals surface area contributed by atoms with Gasteiger partial charge in [0.1, 0.15) is 13.2 Å². The van der Waals surface area contributed by atoms with Crippen LogP contribution in [0.1, 0.15) is 5.56 Å². The van der Waals surface area contributed by atoms with Crippen molar-refractivity contribution in [2.75, 3.05) is 13.2 Å². The maximum atomic E-state index is 10.5. The number of fused-ring (bicyclic) bond motifs is 1. The third-order valence-electron chi connectivity index (χ3n) is 2.37. The molecule has 1 aromatic rings. The number of rotatable bonds is 3. The van der Waals surface area contributed by atoms with E-state index in [0.717, 1.165) is 0 Å². The van der Waals surface area contributed by atoms with E-state index in [1.54, 1.807) is 12.1 Å². The summed E-state index contributed by atoms with van der Waals surface area (Å²) in [6.45, 7) is 0.859. The van der Waals surface area contributed by atoms with Crippen LogP contribution >= 0.6 is 11.6 Å². The molecule has 0 saturated heterocycles. The Morgan fingerprint density at radius 1 is 1.41 bits per heavy atom. The summed E-state index contributed by atoms with van der Waals surface area (Å²) in [5, 5.41) is 18.2. The van der Waals surface area contributed by atoms with E-state index in [4.69, 9.17) is 26.2 Å². The van der Waals surface area contributed by atoms with Gasteiger partial charge in [-0.2, -0.15) is 0 Å². The molecule has 92 valence electrons. The first kappa shape index (κ1) is 12.0. The molecule has 1 heterocycles. The highest BCUT2D eigenvalue weighted by Crippen LogP contribution is 2.38. The van der Waals surface area contributed by atoms with Gasteiger partial charge >= 0.3 is 5.97 Å². The first-order valence-electron chi connectivity index (χ1n) is 5.07. The molecule has 0 radical (unpaired) electrons. The molecule has 17 heavy (non-hydrogen) atoms. The lowest BCUT2D eigenvalue weighted by Crippen LogP contribution is -2.22. The van der Waals surface area contributed by atoms with Crippen molar-refractivity contribution in [3.05, 3.63) is 22.7 Å². The minimum absolute atomic E-state index is 0.0221. The normalized spacial score (nSPS) is 15.4. The third-order valence-corrected chi connectivity index (χ3v) is 2.65. The van der Waals surface area contributed by atoms with Crippen molar-refractivity contribution < 1.29 is 24.5 Å². The van der Waals surface area contributed by atoms with E-state index in [1.807, 2.05) is 0 Å². The van der Waals surface area contributed by atoms with Crippen LogP contribution in [0.15, 0.2) is 12.1 Å². The Bertz CT molecular complexity index is 446. The number of hydrogen-bond donors (Lipinski definition) is 2. The predicted octanol–water partition coefficient (Wildman–Crippen LogP) is 1.10. The summed E-state index contributed by atoms with van der Waals surface area (Å²) in [6, 6.07) is 3.20. The van der Waals surface area contributed by atoms with E-state index in [-0.39, 0.29) is 6.42 Å². The summed E-state index contributed by atoms with van der Waals surface area (Å²) in [5.41, 5.74) is 0.592. The quantitative estimate of drug-likeness (QED) is 0.849. The first-order valence-corrected chi connectivity index (χ1v) is 5.44. The zero-order valence-corrected chi connectivity index (χ0v) is 9.61. The van der Waals surface area contributed by atoms with E-state index in [1.165, 1.54) is 0 Å². The summed E-state index contributed by atoms with van der Waals surface area (Å²) in [7, 11) is 0. The van der Waals surface area contributed by atoms with Crippen molar-refractivity contribution in [1.82, 2.24) is 0 Å². The Kier molecular flexibility index (Phi) is 3.40. The second-order valence-corrected chi connectivity index (χ2v) is 4.07. The zero-order chi connectivity index (χ0) is 12.4. The largest absolute Gasteiger partial charge is 0.486 e. The van der Waals surface area contributed by atoms with E-state index < -0.39 is 12.1 Å². The van der Waals surface area contributed by atoms with Crippen molar-refractivity contribution >= 4 is 17.6 Å². The molecule has 1 unspecified atom stereocenters. The maximum Gasteiger partial charge on any atom is 0.332 e. The molecule has 1 aliphatic heterocycles. The van der Waals surface area contributed by atoms with Crippen molar-refractivity contribution in [2.45, 2.75) is 12.5 Å². The number of benzene rings is 1. The number of aliphatic hydroxyl groups excluding tert-OH is 1. The summed E-state index contributed by atoms with van der Waals surface area (Å²) in [6.07, 6.45) is -1.47. The minimum Gasteiger partial charge on any atom is -0.486 e. The van der Waals surface area contributed by atoms with Gasteiger partial charge in [0.25, 0.3) is 0 Å². The Balaban J connectivity index is 2.25. The molecular formula is C11H11ClO5. The molecule has 0 aliphatic carbocycles. The average Bonchev–Trinajstić information content (AvgIpc) is 2.29. The monoisotopic (exact) mass is 258 g/mol. The SMILES string of the molecule is O=C(O)C(O)Cc1cc(Cl)c2c(c1)OCCO2. The molecule has 1 aliphatic rings. The number of aliphatic hydroxyl groups is 1. The second kappa shape index (κ2) is 4.81. The van der Waals surface area contributed by atoms with Crippen molar-refractivity contribution in [2.24, 2.45) is 0 Å². The molecule has 0 bridgehead atoms. The van der Waals surface area contributed by atoms with Gasteiger partial charge in [-0.15, -0.1) is 0 Å². The number of carbonyl (C=O) groups is 1. The minimum atomic E-state index is -1.45. The van der Waals surface area contributed by atoms with Gasteiger partial charge in [0.15, 0.2) is 17.6 Å². The summed E-state index contributed by atoms with van der Waals surface area (Å²) >= 11 is 5.98. The van der Waals surface area contributed by atoms with Gasteiger partial charge in [-0.3, -0.25) is 0 Å². The molecule has 2 N–H and O–H groups in total. The lowest BCUT2D eigenvalue weighted by atomic mass is 10.1. The van der Waals surface area contributed by atoms with Gasteiger partial charge in [-0.1, -0.05) is 11.6 Å². The highest BCUT2D eigenvalue weighted by atomic mass is 35.5. The molecule has 0 spiro atoms. The van der Waals surface area contributed by atoms with Gasteiger partial charge in [0, 0.05) is 6.42 Å². The van der Waals surface area contributed by atoms with Crippen LogP contribution in [0.4, 0.5) is 0 Å². The van der Waals surface area contributed by atoms with E-state index in [2.05, 4.69) is 0 Å². The summed E-state index contributed by atoms with van der Waals surface area (Å²) in [4.78, 5) is 10.5. The zero-order valence-electron chi connectivity index (χ0n) is 8.85. The molecule has 5 nitrogen and oxygen atoms in total. The maximum absolute atomic E-state index is 10.5. The van der Waals surface area contributed by atoms with E-state index in [0.29, 0.717) is 35.3 Å². The molecule has 1 aromatic carbocycles. The summed E-state index contributed by atoms with van der Waals surface area (Å²) < 4.78 is 10.7. The average molecular weight is 259 g/mol. The van der Waals surface area contributed by atoms with Crippen molar-refractivity contribution in [1.29, 1.82) is 0 Å². The molecular weight excluding hydrogens is 248 g/mol. The van der Waals surface area contributed by atoms with Gasteiger partial charge < -0.3 is 19.7 Å². The number of ether oxygens (including phenoxy) is 2. The van der Waals surface area contributed by atoms with Gasteiger partial charge in [-0.25, -0.2) is 4.79 Å². The molecule has 0 aromatic heterocycles.